The van der Waals surface area contributed by atoms with Crippen molar-refractivity contribution in [2.75, 3.05) is 11.9 Å². The van der Waals surface area contributed by atoms with Gasteiger partial charge in [0.1, 0.15) is 5.82 Å². The van der Waals surface area contributed by atoms with E-state index in [-0.39, 0.29) is 24.4 Å². The lowest BCUT2D eigenvalue weighted by Crippen LogP contribution is -2.36. The first-order chi connectivity index (χ1) is 8.25. The van der Waals surface area contributed by atoms with Crippen LogP contribution in [-0.4, -0.2) is 28.3 Å². The Balaban J connectivity index is 0.00000120. The Hall–Kier alpha value is -0.720. The molecular weight excluding hydrogens is 272 g/mol. The van der Waals surface area contributed by atoms with Gasteiger partial charge in [-0.2, -0.15) is 16.9 Å². The van der Waals surface area contributed by atoms with Crippen LogP contribution in [0, 0.1) is 0 Å². The fourth-order valence-electron chi connectivity index (χ4n) is 2.41. The van der Waals surface area contributed by atoms with Crippen LogP contribution in [-0.2, 0) is 23.3 Å². The maximum atomic E-state index is 12.0. The van der Waals surface area contributed by atoms with Crippen molar-refractivity contribution in [2.24, 2.45) is 7.05 Å². The molecule has 2 N–H and O–H groups in total. The minimum atomic E-state index is -0.0328. The maximum Gasteiger partial charge on any atom is 0.242 e. The Bertz CT molecular complexity index is 456. The number of carbonyl (C=O) groups is 1. The molecule has 1 amide bonds. The number of anilines is 1. The summed E-state index contributed by atoms with van der Waals surface area (Å²) in [7, 11) is 1.89. The zero-order chi connectivity index (χ0) is 11.8. The Morgan fingerprint density at radius 3 is 3.11 bits per heavy atom. The van der Waals surface area contributed by atoms with Gasteiger partial charge in [0.2, 0.25) is 5.91 Å². The summed E-state index contributed by atoms with van der Waals surface area (Å²) in [5, 5.41) is 10.7. The fraction of sp³-hybridized carbons (Fsp3) is 0.636. The van der Waals surface area contributed by atoms with Gasteiger partial charge in [0.15, 0.2) is 0 Å². The third-order valence-corrected chi connectivity index (χ3v) is 4.30. The number of nitrogens with one attached hydrogen (secondary N) is 2. The third kappa shape index (κ3) is 2.37. The number of thioether (sulfide) groups is 1. The number of hydrogen-bond acceptors (Lipinski definition) is 4. The number of amides is 1. The molecule has 0 aromatic carbocycles. The fourth-order valence-corrected chi connectivity index (χ4v) is 3.44. The molecule has 3 heterocycles. The first kappa shape index (κ1) is 13.7. The van der Waals surface area contributed by atoms with Crippen molar-refractivity contribution in [1.29, 1.82) is 0 Å². The molecule has 2 aliphatic heterocycles. The van der Waals surface area contributed by atoms with Crippen molar-refractivity contribution in [3.05, 3.63) is 11.3 Å². The quantitative estimate of drug-likeness (QED) is 0.861. The summed E-state index contributed by atoms with van der Waals surface area (Å²) >= 11 is 1.85. The van der Waals surface area contributed by atoms with Crippen LogP contribution < -0.4 is 10.6 Å². The molecule has 0 saturated carbocycles. The Labute approximate surface area is 116 Å². The first-order valence-electron chi connectivity index (χ1n) is 5.92. The molecular formula is C11H17ClN4OS. The number of hydrogen-bond donors (Lipinski definition) is 2. The van der Waals surface area contributed by atoms with E-state index in [2.05, 4.69) is 15.7 Å². The van der Waals surface area contributed by atoms with Crippen LogP contribution >= 0.6 is 24.2 Å². The average Bonchev–Trinajstić information content (AvgIpc) is 2.98. The number of rotatable bonds is 2. The van der Waals surface area contributed by atoms with Gasteiger partial charge in [-0.3, -0.25) is 9.48 Å². The molecule has 1 aromatic rings. The van der Waals surface area contributed by atoms with Crippen molar-refractivity contribution in [2.45, 2.75) is 30.4 Å². The van der Waals surface area contributed by atoms with Crippen LogP contribution in [0.3, 0.4) is 0 Å². The van der Waals surface area contributed by atoms with Crippen molar-refractivity contribution >= 4 is 35.9 Å². The Morgan fingerprint density at radius 1 is 1.56 bits per heavy atom. The first-order valence-corrected chi connectivity index (χ1v) is 7.08. The molecule has 1 aromatic heterocycles. The highest BCUT2D eigenvalue weighted by atomic mass is 35.5. The normalized spacial score (nSPS) is 21.5. The van der Waals surface area contributed by atoms with Crippen LogP contribution in [0.5, 0.6) is 0 Å². The number of carbonyl (C=O) groups excluding carboxylic acids is 1. The van der Waals surface area contributed by atoms with E-state index in [1.807, 2.05) is 18.8 Å². The van der Waals surface area contributed by atoms with E-state index < -0.39 is 0 Å². The zero-order valence-electron chi connectivity index (χ0n) is 10.2. The van der Waals surface area contributed by atoms with E-state index in [0.29, 0.717) is 0 Å². The van der Waals surface area contributed by atoms with Crippen LogP contribution in [0.4, 0.5) is 5.82 Å². The summed E-state index contributed by atoms with van der Waals surface area (Å²) in [5.41, 5.74) is 2.32. The zero-order valence-corrected chi connectivity index (χ0v) is 11.9. The van der Waals surface area contributed by atoms with E-state index in [4.69, 9.17) is 0 Å². The lowest BCUT2D eigenvalue weighted by atomic mass is 10.2. The van der Waals surface area contributed by atoms with Crippen molar-refractivity contribution in [3.8, 4) is 0 Å². The summed E-state index contributed by atoms with van der Waals surface area (Å²) < 4.78 is 1.79. The third-order valence-electron chi connectivity index (χ3n) is 3.33. The van der Waals surface area contributed by atoms with E-state index in [9.17, 15) is 4.79 Å². The van der Waals surface area contributed by atoms with Gasteiger partial charge in [-0.1, -0.05) is 0 Å². The SMILES string of the molecule is Cl.Cn1nc2c(c1NC(=O)[C@@H]1CCCN1)CSC2. The molecule has 1 atom stereocenters. The topological polar surface area (TPSA) is 59.0 Å². The second-order valence-electron chi connectivity index (χ2n) is 4.53. The van der Waals surface area contributed by atoms with Gasteiger partial charge in [0.25, 0.3) is 0 Å². The summed E-state index contributed by atoms with van der Waals surface area (Å²) in [5.74, 6) is 2.87. The maximum absolute atomic E-state index is 12.0. The Morgan fingerprint density at radius 2 is 2.39 bits per heavy atom. The molecule has 0 spiro atoms. The molecule has 2 aliphatic rings. The second kappa shape index (κ2) is 5.50. The lowest BCUT2D eigenvalue weighted by Gasteiger charge is -2.12. The molecule has 0 unspecified atom stereocenters. The molecule has 0 bridgehead atoms. The molecule has 7 heteroatoms. The number of halogens is 1. The molecule has 18 heavy (non-hydrogen) atoms. The van der Waals surface area contributed by atoms with Gasteiger partial charge in [-0.25, -0.2) is 0 Å². The largest absolute Gasteiger partial charge is 0.309 e. The monoisotopic (exact) mass is 288 g/mol. The van der Waals surface area contributed by atoms with Gasteiger partial charge in [0.05, 0.1) is 11.7 Å². The lowest BCUT2D eigenvalue weighted by molar-refractivity contribution is -0.117. The minimum Gasteiger partial charge on any atom is -0.309 e. The van der Waals surface area contributed by atoms with Gasteiger partial charge < -0.3 is 10.6 Å². The highest BCUT2D eigenvalue weighted by Crippen LogP contribution is 2.34. The number of fused-ring (bicyclic) bond motifs is 1. The van der Waals surface area contributed by atoms with Crippen LogP contribution in [0.2, 0.25) is 0 Å². The van der Waals surface area contributed by atoms with Gasteiger partial charge >= 0.3 is 0 Å². The molecule has 100 valence electrons. The molecule has 5 nitrogen and oxygen atoms in total. The average molecular weight is 289 g/mol. The van der Waals surface area contributed by atoms with Crippen molar-refractivity contribution in [1.82, 2.24) is 15.1 Å². The van der Waals surface area contributed by atoms with E-state index in [1.165, 1.54) is 5.56 Å². The molecule has 0 aliphatic carbocycles. The standard InChI is InChI=1S/C11H16N4OS.ClH/c1-15-10(7-5-17-6-9(7)14-15)13-11(16)8-3-2-4-12-8;/h8,12H,2-6H2,1H3,(H,13,16);1H/t8-;/m0./s1. The second-order valence-corrected chi connectivity index (χ2v) is 5.51. The highest BCUT2D eigenvalue weighted by Gasteiger charge is 2.26. The highest BCUT2D eigenvalue weighted by molar-refractivity contribution is 7.98. The smallest absolute Gasteiger partial charge is 0.242 e. The summed E-state index contributed by atoms with van der Waals surface area (Å²) in [6.45, 7) is 0.942. The van der Waals surface area contributed by atoms with Gasteiger partial charge in [-0.05, 0) is 19.4 Å². The number of aromatic nitrogens is 2. The number of aryl methyl sites for hydroxylation is 1. The van der Waals surface area contributed by atoms with Gasteiger partial charge in [-0.15, -0.1) is 12.4 Å². The van der Waals surface area contributed by atoms with Crippen LogP contribution in [0.25, 0.3) is 0 Å². The van der Waals surface area contributed by atoms with Crippen molar-refractivity contribution in [3.63, 3.8) is 0 Å². The van der Waals surface area contributed by atoms with E-state index in [1.54, 1.807) is 4.68 Å². The summed E-state index contributed by atoms with van der Waals surface area (Å²) in [4.78, 5) is 12.0. The van der Waals surface area contributed by atoms with Gasteiger partial charge in [0, 0.05) is 24.1 Å². The predicted octanol–water partition coefficient (Wildman–Crippen LogP) is 1.28. The van der Waals surface area contributed by atoms with Crippen LogP contribution in [0.15, 0.2) is 0 Å². The molecule has 1 fully saturated rings. The van der Waals surface area contributed by atoms with E-state index in [0.717, 1.165) is 42.4 Å². The molecule has 0 radical (unpaired) electrons. The summed E-state index contributed by atoms with van der Waals surface area (Å²) in [6.07, 6.45) is 2.01. The van der Waals surface area contributed by atoms with Crippen LogP contribution in [0.1, 0.15) is 24.1 Å². The molecule has 1 saturated heterocycles. The number of nitrogens with zero attached hydrogens (tertiary/aromatic N) is 2. The van der Waals surface area contributed by atoms with E-state index >= 15 is 0 Å². The van der Waals surface area contributed by atoms with Crippen molar-refractivity contribution < 1.29 is 4.79 Å². The minimum absolute atomic E-state index is 0. The predicted molar refractivity (Wildman–Crippen MR) is 75.1 cm³/mol. The molecule has 3 rings (SSSR count). The Kier molecular flexibility index (Phi) is 4.19. The summed E-state index contributed by atoms with van der Waals surface area (Å²) in [6, 6.07) is -0.0328.